The number of nitrogens with zero attached hydrogens (tertiary/aromatic N) is 1. The van der Waals surface area contributed by atoms with E-state index in [4.69, 9.17) is 4.74 Å². The third kappa shape index (κ3) is 2.04. The van der Waals surface area contributed by atoms with Crippen molar-refractivity contribution in [2.24, 2.45) is 0 Å². The average Bonchev–Trinajstić information content (AvgIpc) is 2.84. The summed E-state index contributed by atoms with van der Waals surface area (Å²) in [6.07, 6.45) is 0.389. The van der Waals surface area contributed by atoms with E-state index in [1.165, 1.54) is 11.3 Å². The summed E-state index contributed by atoms with van der Waals surface area (Å²) < 4.78 is 5.19. The van der Waals surface area contributed by atoms with Crippen molar-refractivity contribution in [1.82, 2.24) is 0 Å². The van der Waals surface area contributed by atoms with Crippen molar-refractivity contribution in [2.45, 2.75) is 12.1 Å². The molecule has 0 aliphatic carbocycles. The average molecular weight is 227 g/mol. The number of anilines is 1. The molecule has 5 heteroatoms. The number of hydrogen-bond donors (Lipinski definition) is 1. The van der Waals surface area contributed by atoms with Crippen molar-refractivity contribution in [3.05, 3.63) is 17.0 Å². The second-order valence-electron chi connectivity index (χ2n) is 3.58. The van der Waals surface area contributed by atoms with Crippen molar-refractivity contribution in [3.63, 3.8) is 0 Å². The number of ether oxygens (including phenoxy) is 1. The summed E-state index contributed by atoms with van der Waals surface area (Å²) in [6.45, 7) is 0.924. The number of carbonyl (C=O) groups excluding carboxylic acids is 1. The summed E-state index contributed by atoms with van der Waals surface area (Å²) in [5.74, 6) is 0. The molecule has 2 unspecified atom stereocenters. The lowest BCUT2D eigenvalue weighted by atomic mass is 10.2. The lowest BCUT2D eigenvalue weighted by Crippen LogP contribution is -2.40. The quantitative estimate of drug-likeness (QED) is 0.774. The molecule has 4 nitrogen and oxygen atoms in total. The van der Waals surface area contributed by atoms with E-state index < -0.39 is 6.10 Å². The zero-order valence-electron chi connectivity index (χ0n) is 8.42. The molecule has 2 heterocycles. The molecule has 15 heavy (non-hydrogen) atoms. The molecule has 1 fully saturated rings. The Morgan fingerprint density at radius 2 is 2.40 bits per heavy atom. The first-order chi connectivity index (χ1) is 7.22. The highest BCUT2D eigenvalue weighted by atomic mass is 32.1. The number of aliphatic hydroxyl groups is 1. The molecule has 1 aromatic heterocycles. The highest BCUT2D eigenvalue weighted by molar-refractivity contribution is 7.17. The standard InChI is InChI=1S/C10H13NO3S/c1-11(8-5-14-6-9(8)13)10-3-2-7(4-12)15-10/h2-4,8-9,13H,5-6H2,1H3. The van der Waals surface area contributed by atoms with Crippen LogP contribution in [0.15, 0.2) is 12.1 Å². The number of thiophene rings is 1. The summed E-state index contributed by atoms with van der Waals surface area (Å²) in [4.78, 5) is 13.2. The molecule has 0 radical (unpaired) electrons. The van der Waals surface area contributed by atoms with E-state index in [0.29, 0.717) is 18.1 Å². The molecule has 82 valence electrons. The molecule has 1 saturated heterocycles. The Hall–Kier alpha value is -0.910. The maximum absolute atomic E-state index is 10.5. The molecular formula is C10H13NO3S. The van der Waals surface area contributed by atoms with Gasteiger partial charge in [0.05, 0.1) is 35.2 Å². The fourth-order valence-corrected chi connectivity index (χ4v) is 2.50. The van der Waals surface area contributed by atoms with Crippen molar-refractivity contribution in [1.29, 1.82) is 0 Å². The fraction of sp³-hybridized carbons (Fsp3) is 0.500. The van der Waals surface area contributed by atoms with Gasteiger partial charge in [-0.25, -0.2) is 0 Å². The van der Waals surface area contributed by atoms with Crippen LogP contribution in [0, 0.1) is 0 Å². The minimum atomic E-state index is -0.447. The SMILES string of the molecule is CN(c1ccc(C=O)s1)C1COCC1O. The molecule has 1 aliphatic rings. The first-order valence-corrected chi connectivity index (χ1v) is 5.57. The Bertz CT molecular complexity index is 352. The lowest BCUT2D eigenvalue weighted by Gasteiger charge is -2.25. The Kier molecular flexibility index (Phi) is 3.04. The van der Waals surface area contributed by atoms with Crippen LogP contribution in [0.2, 0.25) is 0 Å². The largest absolute Gasteiger partial charge is 0.388 e. The van der Waals surface area contributed by atoms with Crippen LogP contribution < -0.4 is 4.90 Å². The van der Waals surface area contributed by atoms with Crippen LogP contribution in [0.25, 0.3) is 0 Å². The molecule has 0 bridgehead atoms. The molecule has 0 amide bonds. The van der Waals surface area contributed by atoms with E-state index in [2.05, 4.69) is 0 Å². The van der Waals surface area contributed by atoms with Crippen LogP contribution in [0.1, 0.15) is 9.67 Å². The van der Waals surface area contributed by atoms with Gasteiger partial charge < -0.3 is 14.7 Å². The van der Waals surface area contributed by atoms with Crippen LogP contribution in [0.3, 0.4) is 0 Å². The van der Waals surface area contributed by atoms with Crippen LogP contribution in [0.5, 0.6) is 0 Å². The van der Waals surface area contributed by atoms with E-state index in [1.807, 2.05) is 18.0 Å². The molecule has 2 rings (SSSR count). The van der Waals surface area contributed by atoms with Crippen molar-refractivity contribution < 1.29 is 14.6 Å². The van der Waals surface area contributed by atoms with Gasteiger partial charge in [-0.3, -0.25) is 4.79 Å². The van der Waals surface area contributed by atoms with Crippen LogP contribution >= 0.6 is 11.3 Å². The zero-order chi connectivity index (χ0) is 10.8. The highest BCUT2D eigenvalue weighted by Crippen LogP contribution is 2.27. The summed E-state index contributed by atoms with van der Waals surface area (Å²) in [5, 5.41) is 10.6. The molecule has 0 saturated carbocycles. The maximum atomic E-state index is 10.5. The van der Waals surface area contributed by atoms with Gasteiger partial charge in [0, 0.05) is 7.05 Å². The maximum Gasteiger partial charge on any atom is 0.160 e. The molecule has 1 N–H and O–H groups in total. The molecule has 0 aromatic carbocycles. The molecule has 0 spiro atoms. The summed E-state index contributed by atoms with van der Waals surface area (Å²) in [5.41, 5.74) is 0. The van der Waals surface area contributed by atoms with Crippen molar-refractivity contribution in [3.8, 4) is 0 Å². The molecule has 1 aliphatic heterocycles. The van der Waals surface area contributed by atoms with Crippen molar-refractivity contribution in [2.75, 3.05) is 25.2 Å². The number of aldehydes is 1. The first-order valence-electron chi connectivity index (χ1n) is 4.76. The number of likely N-dealkylation sites (N-methyl/N-ethyl adjacent to an activating group) is 1. The molecular weight excluding hydrogens is 214 g/mol. The van der Waals surface area contributed by atoms with Crippen LogP contribution in [-0.4, -0.2) is 43.8 Å². The van der Waals surface area contributed by atoms with E-state index in [0.717, 1.165) is 11.3 Å². The van der Waals surface area contributed by atoms with Gasteiger partial charge in [0.25, 0.3) is 0 Å². The van der Waals surface area contributed by atoms with Gasteiger partial charge >= 0.3 is 0 Å². The number of carbonyl (C=O) groups is 1. The van der Waals surface area contributed by atoms with E-state index in [9.17, 15) is 9.90 Å². The van der Waals surface area contributed by atoms with E-state index in [-0.39, 0.29) is 6.04 Å². The second-order valence-corrected chi connectivity index (χ2v) is 4.67. The van der Waals surface area contributed by atoms with Gasteiger partial charge in [0.1, 0.15) is 0 Å². The van der Waals surface area contributed by atoms with E-state index >= 15 is 0 Å². The third-order valence-electron chi connectivity index (χ3n) is 2.60. The second kappa shape index (κ2) is 4.30. The van der Waals surface area contributed by atoms with Gasteiger partial charge in [-0.1, -0.05) is 0 Å². The number of aliphatic hydroxyl groups excluding tert-OH is 1. The number of hydrogen-bond acceptors (Lipinski definition) is 5. The van der Waals surface area contributed by atoms with Crippen molar-refractivity contribution >= 4 is 22.6 Å². The normalized spacial score (nSPS) is 25.5. The fourth-order valence-electron chi connectivity index (χ4n) is 1.66. The van der Waals surface area contributed by atoms with Gasteiger partial charge in [0.15, 0.2) is 6.29 Å². The topological polar surface area (TPSA) is 49.8 Å². The number of rotatable bonds is 3. The van der Waals surface area contributed by atoms with Gasteiger partial charge in [0.2, 0.25) is 0 Å². The Balaban J connectivity index is 2.12. The predicted octanol–water partition coefficient (Wildman–Crippen LogP) is 0.756. The highest BCUT2D eigenvalue weighted by Gasteiger charge is 2.30. The summed E-state index contributed by atoms with van der Waals surface area (Å²) in [7, 11) is 1.91. The molecule has 2 atom stereocenters. The summed E-state index contributed by atoms with van der Waals surface area (Å²) >= 11 is 1.42. The van der Waals surface area contributed by atoms with Crippen LogP contribution in [0.4, 0.5) is 5.00 Å². The van der Waals surface area contributed by atoms with Gasteiger partial charge in [-0.15, -0.1) is 11.3 Å². The Labute approximate surface area is 92.1 Å². The Morgan fingerprint density at radius 1 is 1.60 bits per heavy atom. The third-order valence-corrected chi connectivity index (χ3v) is 3.70. The Morgan fingerprint density at radius 3 is 2.93 bits per heavy atom. The summed E-state index contributed by atoms with van der Waals surface area (Å²) in [6, 6.07) is 3.66. The van der Waals surface area contributed by atoms with Gasteiger partial charge in [-0.05, 0) is 12.1 Å². The van der Waals surface area contributed by atoms with Gasteiger partial charge in [-0.2, -0.15) is 0 Å². The minimum absolute atomic E-state index is 0.0110. The smallest absolute Gasteiger partial charge is 0.160 e. The monoisotopic (exact) mass is 227 g/mol. The predicted molar refractivity (Wildman–Crippen MR) is 58.7 cm³/mol. The van der Waals surface area contributed by atoms with Crippen LogP contribution in [-0.2, 0) is 4.74 Å². The minimum Gasteiger partial charge on any atom is -0.388 e. The zero-order valence-corrected chi connectivity index (χ0v) is 9.24. The van der Waals surface area contributed by atoms with E-state index in [1.54, 1.807) is 6.07 Å². The molecule has 1 aromatic rings. The first kappa shape index (κ1) is 10.6. The lowest BCUT2D eigenvalue weighted by molar-refractivity contribution is 0.112.